The molecule has 0 amide bonds. The van der Waals surface area contributed by atoms with Crippen molar-refractivity contribution in [3.05, 3.63) is 176 Å². The van der Waals surface area contributed by atoms with Crippen LogP contribution >= 0.6 is 0 Å². The first-order valence-electron chi connectivity index (χ1n) is 18.8. The number of imidazole rings is 1. The molecule has 0 saturated heterocycles. The standard InChI is InChI=1S/C48H37BN4O3/c1-48(2,3)33-25-26-50-46(30-33)53-42-20-9-6-17-38(42)39-24-23-35(31-43(39)53)54-34-14-12-13-32(29-34)47-51-27-28-52(47)49-55-44-21-10-7-18-40(44)36-15-4-5-16-37(36)41-19-8-11-22-45(41)56-49/h4-31H,1-3H3. The zero-order chi connectivity index (χ0) is 37.8. The highest BCUT2D eigenvalue weighted by molar-refractivity contribution is 6.45. The lowest BCUT2D eigenvalue weighted by atomic mass is 9.88. The monoisotopic (exact) mass is 728 g/mol. The average Bonchev–Trinajstić information content (AvgIpc) is 3.85. The van der Waals surface area contributed by atoms with Crippen LogP contribution in [-0.4, -0.2) is 26.3 Å². The maximum atomic E-state index is 6.76. The third kappa shape index (κ3) is 5.87. The Hall–Kier alpha value is -7.06. The summed E-state index contributed by atoms with van der Waals surface area (Å²) in [5.41, 5.74) is 8.29. The summed E-state index contributed by atoms with van der Waals surface area (Å²) in [6, 6.07) is 51.5. The van der Waals surface area contributed by atoms with Crippen molar-refractivity contribution in [2.75, 3.05) is 0 Å². The Morgan fingerprint density at radius 1 is 0.554 bits per heavy atom. The Balaban J connectivity index is 1.02. The fourth-order valence-corrected chi connectivity index (χ4v) is 7.70. The van der Waals surface area contributed by atoms with Crippen molar-refractivity contribution in [3.63, 3.8) is 0 Å². The van der Waals surface area contributed by atoms with Gasteiger partial charge < -0.3 is 14.0 Å². The first-order valence-corrected chi connectivity index (χ1v) is 18.8. The Morgan fingerprint density at radius 2 is 1.20 bits per heavy atom. The van der Waals surface area contributed by atoms with Crippen LogP contribution in [0, 0.1) is 0 Å². The zero-order valence-electron chi connectivity index (χ0n) is 31.3. The summed E-state index contributed by atoms with van der Waals surface area (Å²) < 4.78 is 24.3. The molecular formula is C48H37BN4O3. The number of rotatable bonds is 5. The lowest BCUT2D eigenvalue weighted by Gasteiger charge is -2.20. The van der Waals surface area contributed by atoms with Crippen molar-refractivity contribution < 1.29 is 14.0 Å². The van der Waals surface area contributed by atoms with Gasteiger partial charge in [0, 0.05) is 52.1 Å². The highest BCUT2D eigenvalue weighted by Crippen LogP contribution is 2.43. The molecule has 1 aliphatic heterocycles. The van der Waals surface area contributed by atoms with E-state index in [0.717, 1.165) is 55.4 Å². The van der Waals surface area contributed by atoms with Gasteiger partial charge in [-0.1, -0.05) is 112 Å². The maximum Gasteiger partial charge on any atom is 0.744 e. The molecule has 1 aliphatic rings. The highest BCUT2D eigenvalue weighted by atomic mass is 16.6. The van der Waals surface area contributed by atoms with Gasteiger partial charge in [-0.2, -0.15) is 0 Å². The van der Waals surface area contributed by atoms with Gasteiger partial charge in [0.1, 0.15) is 34.6 Å². The van der Waals surface area contributed by atoms with Crippen LogP contribution < -0.4 is 14.0 Å². The van der Waals surface area contributed by atoms with E-state index in [1.54, 1.807) is 6.20 Å². The number of aromatic nitrogens is 4. The molecule has 0 saturated carbocycles. The number of hydrogen-bond donors (Lipinski definition) is 0. The van der Waals surface area contributed by atoms with Gasteiger partial charge in [0.15, 0.2) is 0 Å². The van der Waals surface area contributed by atoms with E-state index in [0.29, 0.717) is 28.8 Å². The van der Waals surface area contributed by atoms with Crippen molar-refractivity contribution in [1.29, 1.82) is 0 Å². The molecule has 9 aromatic rings. The molecule has 3 aromatic heterocycles. The van der Waals surface area contributed by atoms with Gasteiger partial charge in [-0.05, 0) is 76.7 Å². The summed E-state index contributed by atoms with van der Waals surface area (Å²) in [5.74, 6) is 4.36. The molecule has 7 nitrogen and oxygen atoms in total. The predicted molar refractivity (Wildman–Crippen MR) is 225 cm³/mol. The molecule has 0 aliphatic carbocycles. The van der Waals surface area contributed by atoms with E-state index >= 15 is 0 Å². The molecule has 8 heteroatoms. The molecule has 0 fully saturated rings. The number of pyridine rings is 1. The van der Waals surface area contributed by atoms with E-state index in [9.17, 15) is 0 Å². The van der Waals surface area contributed by atoms with Gasteiger partial charge in [-0.15, -0.1) is 0 Å². The molecule has 0 unspecified atom stereocenters. The highest BCUT2D eigenvalue weighted by Gasteiger charge is 2.34. The van der Waals surface area contributed by atoms with Gasteiger partial charge in [0.2, 0.25) is 0 Å². The molecule has 0 atom stereocenters. The number of ether oxygens (including phenoxy) is 1. The molecule has 0 radical (unpaired) electrons. The maximum absolute atomic E-state index is 6.76. The first kappa shape index (κ1) is 33.5. The molecule has 6 aromatic carbocycles. The summed E-state index contributed by atoms with van der Waals surface area (Å²) in [7, 11) is -0.858. The Kier molecular flexibility index (Phi) is 7.99. The van der Waals surface area contributed by atoms with E-state index in [2.05, 4.69) is 110 Å². The molecule has 0 spiro atoms. The third-order valence-electron chi connectivity index (χ3n) is 10.4. The van der Waals surface area contributed by atoms with Crippen LogP contribution in [0.4, 0.5) is 0 Å². The summed E-state index contributed by atoms with van der Waals surface area (Å²) in [4.78, 5) is 9.65. The largest absolute Gasteiger partial charge is 0.744 e. The van der Waals surface area contributed by atoms with Crippen molar-refractivity contribution in [2.45, 2.75) is 26.2 Å². The molecule has 4 heterocycles. The molecule has 0 N–H and O–H groups in total. The first-order chi connectivity index (χ1) is 27.4. The quantitative estimate of drug-likeness (QED) is 0.165. The summed E-state index contributed by atoms with van der Waals surface area (Å²) in [6.45, 7) is 6.67. The van der Waals surface area contributed by atoms with Crippen LogP contribution in [0.1, 0.15) is 26.3 Å². The van der Waals surface area contributed by atoms with Gasteiger partial charge in [0.25, 0.3) is 0 Å². The average molecular weight is 729 g/mol. The van der Waals surface area contributed by atoms with Gasteiger partial charge in [-0.3, -0.25) is 9.05 Å². The van der Waals surface area contributed by atoms with Crippen LogP contribution in [0.3, 0.4) is 0 Å². The third-order valence-corrected chi connectivity index (χ3v) is 10.4. The summed E-state index contributed by atoms with van der Waals surface area (Å²) >= 11 is 0. The van der Waals surface area contributed by atoms with Crippen molar-refractivity contribution in [3.8, 4) is 62.5 Å². The topological polar surface area (TPSA) is 63.3 Å². The van der Waals surface area contributed by atoms with Crippen LogP contribution in [0.2, 0.25) is 0 Å². The number of fused-ring (bicyclic) bond motifs is 8. The van der Waals surface area contributed by atoms with Gasteiger partial charge >= 0.3 is 7.25 Å². The fraction of sp³-hybridized carbons (Fsp3) is 0.0833. The smallest absolute Gasteiger partial charge is 0.506 e. The second kappa shape index (κ2) is 13.4. The molecule has 56 heavy (non-hydrogen) atoms. The second-order valence-electron chi connectivity index (χ2n) is 15.1. The zero-order valence-corrected chi connectivity index (χ0v) is 31.3. The molecule has 270 valence electrons. The van der Waals surface area contributed by atoms with Crippen molar-refractivity contribution in [1.82, 2.24) is 19.0 Å². The second-order valence-corrected chi connectivity index (χ2v) is 15.1. The SMILES string of the molecule is CC(C)(C)c1ccnc(-n2c3ccccc3c3ccc(Oc4cccc(-c5nccn5B5Oc6ccccc6-c6ccccc6-c6ccccc6O5)c4)cc32)c1. The van der Waals surface area contributed by atoms with Crippen molar-refractivity contribution >= 4 is 29.1 Å². The predicted octanol–water partition coefficient (Wildman–Crippen LogP) is 11.8. The summed E-state index contributed by atoms with van der Waals surface area (Å²) in [5, 5.41) is 2.29. The number of benzene rings is 6. The van der Waals surface area contributed by atoms with Crippen LogP contribution in [0.25, 0.3) is 61.3 Å². The van der Waals surface area contributed by atoms with E-state index < -0.39 is 7.25 Å². The Bertz CT molecular complexity index is 2860. The minimum atomic E-state index is -0.858. The molecule has 0 bridgehead atoms. The lowest BCUT2D eigenvalue weighted by Crippen LogP contribution is -2.38. The van der Waals surface area contributed by atoms with Crippen LogP contribution in [0.5, 0.6) is 23.0 Å². The summed E-state index contributed by atoms with van der Waals surface area (Å²) in [6.07, 6.45) is 5.56. The number of para-hydroxylation sites is 3. The van der Waals surface area contributed by atoms with Crippen LogP contribution in [-0.2, 0) is 5.41 Å². The lowest BCUT2D eigenvalue weighted by molar-refractivity contribution is 0.411. The minimum absolute atomic E-state index is 0.0155. The van der Waals surface area contributed by atoms with E-state index in [4.69, 9.17) is 24.0 Å². The Morgan fingerprint density at radius 3 is 1.93 bits per heavy atom. The Labute approximate surface area is 325 Å². The van der Waals surface area contributed by atoms with E-state index in [1.807, 2.05) is 83.6 Å². The van der Waals surface area contributed by atoms with Gasteiger partial charge in [-0.25, -0.2) is 9.97 Å². The minimum Gasteiger partial charge on any atom is -0.506 e. The van der Waals surface area contributed by atoms with E-state index in [-0.39, 0.29) is 5.41 Å². The molecular weight excluding hydrogens is 691 g/mol. The van der Waals surface area contributed by atoms with Crippen molar-refractivity contribution in [2.24, 2.45) is 0 Å². The fourth-order valence-electron chi connectivity index (χ4n) is 7.70. The van der Waals surface area contributed by atoms with E-state index in [1.165, 1.54) is 5.56 Å². The number of nitrogens with zero attached hydrogens (tertiary/aromatic N) is 4. The number of hydrogen-bond acceptors (Lipinski definition) is 5. The van der Waals surface area contributed by atoms with Crippen LogP contribution in [0.15, 0.2) is 170 Å². The normalized spacial score (nSPS) is 12.4. The molecule has 10 rings (SSSR count). The van der Waals surface area contributed by atoms with Gasteiger partial charge in [0.05, 0.1) is 11.0 Å².